The van der Waals surface area contributed by atoms with E-state index in [1.165, 1.54) is 24.0 Å². The smallest absolute Gasteiger partial charge is 0.187 e. The van der Waals surface area contributed by atoms with Gasteiger partial charge < -0.3 is 5.32 Å². The van der Waals surface area contributed by atoms with Crippen LogP contribution in [0.2, 0.25) is 0 Å². The molecule has 1 aliphatic carbocycles. The summed E-state index contributed by atoms with van der Waals surface area (Å²) in [7, 11) is 0. The highest BCUT2D eigenvalue weighted by molar-refractivity contribution is 6.05. The van der Waals surface area contributed by atoms with Gasteiger partial charge in [0.15, 0.2) is 5.78 Å². The van der Waals surface area contributed by atoms with Gasteiger partial charge >= 0.3 is 0 Å². The molecule has 1 N–H and O–H groups in total. The minimum Gasteiger partial charge on any atom is -0.388 e. The number of ketones is 1. The number of allylic oxidation sites excluding steroid dienone is 1. The van der Waals surface area contributed by atoms with Crippen LogP contribution in [0.15, 0.2) is 24.4 Å². The summed E-state index contributed by atoms with van der Waals surface area (Å²) in [6.07, 6.45) is 5.87. The Balaban J connectivity index is 2.12. The molecule has 0 saturated heterocycles. The molecule has 1 saturated carbocycles. The molecular formula is C15H19NO. The first-order chi connectivity index (χ1) is 8.08. The van der Waals surface area contributed by atoms with Gasteiger partial charge in [-0.1, -0.05) is 6.07 Å². The summed E-state index contributed by atoms with van der Waals surface area (Å²) in [5.74, 6) is 0.0822. The molecule has 2 heteroatoms. The molecule has 0 bridgehead atoms. The van der Waals surface area contributed by atoms with Crippen LogP contribution in [0.1, 0.15) is 39.9 Å². The van der Waals surface area contributed by atoms with Gasteiger partial charge in [0, 0.05) is 23.9 Å². The Bertz CT molecular complexity index is 470. The lowest BCUT2D eigenvalue weighted by molar-refractivity contribution is 0.104. The van der Waals surface area contributed by atoms with Gasteiger partial charge in [0.25, 0.3) is 0 Å². The summed E-state index contributed by atoms with van der Waals surface area (Å²) in [6, 6.07) is 4.65. The molecule has 2 rings (SSSR count). The van der Waals surface area contributed by atoms with Crippen LogP contribution in [0.25, 0.3) is 0 Å². The second kappa shape index (κ2) is 4.74. The highest BCUT2D eigenvalue weighted by Crippen LogP contribution is 2.19. The summed E-state index contributed by atoms with van der Waals surface area (Å²) >= 11 is 0. The Morgan fingerprint density at radius 3 is 2.47 bits per heavy atom. The zero-order chi connectivity index (χ0) is 12.4. The minimum atomic E-state index is 0.0822. The number of rotatable bonds is 4. The van der Waals surface area contributed by atoms with Crippen molar-refractivity contribution < 1.29 is 4.79 Å². The van der Waals surface area contributed by atoms with Gasteiger partial charge in [-0.25, -0.2) is 0 Å². The number of aryl methyl sites for hydroxylation is 3. The SMILES string of the molecule is Cc1cc(C)c(C(=O)C=CNC2CC2)cc1C. The highest BCUT2D eigenvalue weighted by Gasteiger charge is 2.18. The fourth-order valence-corrected chi connectivity index (χ4v) is 1.83. The maximum Gasteiger partial charge on any atom is 0.187 e. The minimum absolute atomic E-state index is 0.0822. The average Bonchev–Trinajstić information content (AvgIpc) is 3.07. The van der Waals surface area contributed by atoms with E-state index in [4.69, 9.17) is 0 Å². The van der Waals surface area contributed by atoms with Gasteiger partial charge in [0.1, 0.15) is 0 Å². The van der Waals surface area contributed by atoms with Crippen molar-refractivity contribution in [2.24, 2.45) is 0 Å². The second-order valence-electron chi connectivity index (χ2n) is 4.89. The monoisotopic (exact) mass is 229 g/mol. The van der Waals surface area contributed by atoms with Gasteiger partial charge in [-0.05, 0) is 56.4 Å². The van der Waals surface area contributed by atoms with E-state index in [9.17, 15) is 4.79 Å². The third-order valence-electron chi connectivity index (χ3n) is 3.25. The topological polar surface area (TPSA) is 29.1 Å². The van der Waals surface area contributed by atoms with Gasteiger partial charge in [0.2, 0.25) is 0 Å². The molecule has 17 heavy (non-hydrogen) atoms. The van der Waals surface area contributed by atoms with Crippen LogP contribution in [-0.2, 0) is 0 Å². The van der Waals surface area contributed by atoms with Crippen LogP contribution in [0, 0.1) is 20.8 Å². The van der Waals surface area contributed by atoms with Crippen LogP contribution >= 0.6 is 0 Å². The lowest BCUT2D eigenvalue weighted by Gasteiger charge is -2.07. The summed E-state index contributed by atoms with van der Waals surface area (Å²) < 4.78 is 0. The number of carbonyl (C=O) groups is 1. The van der Waals surface area contributed by atoms with E-state index in [1.807, 2.05) is 19.9 Å². The fourth-order valence-electron chi connectivity index (χ4n) is 1.83. The summed E-state index contributed by atoms with van der Waals surface area (Å²) in [5.41, 5.74) is 4.26. The molecule has 1 fully saturated rings. The van der Waals surface area contributed by atoms with E-state index in [-0.39, 0.29) is 5.78 Å². The molecule has 2 nitrogen and oxygen atoms in total. The van der Waals surface area contributed by atoms with Crippen molar-refractivity contribution >= 4 is 5.78 Å². The van der Waals surface area contributed by atoms with Crippen molar-refractivity contribution in [1.29, 1.82) is 0 Å². The lowest BCUT2D eigenvalue weighted by atomic mass is 9.98. The fraction of sp³-hybridized carbons (Fsp3) is 0.400. The Kier molecular flexibility index (Phi) is 3.32. The van der Waals surface area contributed by atoms with Crippen LogP contribution in [0.5, 0.6) is 0 Å². The third kappa shape index (κ3) is 2.96. The van der Waals surface area contributed by atoms with E-state index < -0.39 is 0 Å². The molecule has 0 atom stereocenters. The number of hydrogen-bond donors (Lipinski definition) is 1. The number of benzene rings is 1. The largest absolute Gasteiger partial charge is 0.388 e. The molecule has 90 valence electrons. The van der Waals surface area contributed by atoms with E-state index >= 15 is 0 Å². The standard InChI is InChI=1S/C15H19NO/c1-10-8-12(3)14(9-11(10)2)15(17)6-7-16-13-4-5-13/h6-9,13,16H,4-5H2,1-3H3. The zero-order valence-electron chi connectivity index (χ0n) is 10.7. The highest BCUT2D eigenvalue weighted by atomic mass is 16.1. The Hall–Kier alpha value is -1.57. The Morgan fingerprint density at radius 1 is 1.18 bits per heavy atom. The first-order valence-electron chi connectivity index (χ1n) is 6.12. The number of carbonyl (C=O) groups excluding carboxylic acids is 1. The van der Waals surface area contributed by atoms with Crippen molar-refractivity contribution in [1.82, 2.24) is 5.32 Å². The molecule has 0 aliphatic heterocycles. The normalized spacial score (nSPS) is 15.2. The quantitative estimate of drug-likeness (QED) is 0.635. The van der Waals surface area contributed by atoms with Crippen molar-refractivity contribution in [3.8, 4) is 0 Å². The molecule has 0 unspecified atom stereocenters. The van der Waals surface area contributed by atoms with Crippen LogP contribution < -0.4 is 5.32 Å². The maximum absolute atomic E-state index is 12.0. The molecule has 0 heterocycles. The molecular weight excluding hydrogens is 210 g/mol. The van der Waals surface area contributed by atoms with E-state index in [1.54, 1.807) is 12.3 Å². The zero-order valence-corrected chi connectivity index (χ0v) is 10.7. The molecule has 1 aromatic carbocycles. The Morgan fingerprint density at radius 2 is 1.82 bits per heavy atom. The average molecular weight is 229 g/mol. The Labute approximate surface area is 103 Å². The first kappa shape index (κ1) is 11.9. The van der Waals surface area contributed by atoms with Crippen LogP contribution in [0.4, 0.5) is 0 Å². The summed E-state index contributed by atoms with van der Waals surface area (Å²) in [6.45, 7) is 6.10. The van der Waals surface area contributed by atoms with Crippen LogP contribution in [-0.4, -0.2) is 11.8 Å². The maximum atomic E-state index is 12.0. The van der Waals surface area contributed by atoms with Crippen molar-refractivity contribution in [3.05, 3.63) is 46.7 Å². The molecule has 0 spiro atoms. The summed E-state index contributed by atoms with van der Waals surface area (Å²) in [5, 5.41) is 3.20. The predicted octanol–water partition coefficient (Wildman–Crippen LogP) is 3.06. The van der Waals surface area contributed by atoms with Gasteiger partial charge in [0.05, 0.1) is 0 Å². The van der Waals surface area contributed by atoms with Crippen LogP contribution in [0.3, 0.4) is 0 Å². The molecule has 1 aromatic rings. The van der Waals surface area contributed by atoms with Gasteiger partial charge in [-0.15, -0.1) is 0 Å². The third-order valence-corrected chi connectivity index (χ3v) is 3.25. The molecule has 0 amide bonds. The van der Waals surface area contributed by atoms with Crippen molar-refractivity contribution in [3.63, 3.8) is 0 Å². The van der Waals surface area contributed by atoms with Gasteiger partial charge in [-0.3, -0.25) is 4.79 Å². The van der Waals surface area contributed by atoms with E-state index in [2.05, 4.69) is 18.3 Å². The predicted molar refractivity (Wildman–Crippen MR) is 70.3 cm³/mol. The number of hydrogen-bond acceptors (Lipinski definition) is 2. The number of nitrogens with one attached hydrogen (secondary N) is 1. The first-order valence-corrected chi connectivity index (χ1v) is 6.12. The van der Waals surface area contributed by atoms with Crippen molar-refractivity contribution in [2.45, 2.75) is 39.7 Å². The molecule has 0 radical (unpaired) electrons. The lowest BCUT2D eigenvalue weighted by Crippen LogP contribution is -2.08. The van der Waals surface area contributed by atoms with E-state index in [0.29, 0.717) is 6.04 Å². The summed E-state index contributed by atoms with van der Waals surface area (Å²) in [4.78, 5) is 12.0. The van der Waals surface area contributed by atoms with Gasteiger partial charge in [-0.2, -0.15) is 0 Å². The molecule has 1 aliphatic rings. The van der Waals surface area contributed by atoms with Crippen molar-refractivity contribution in [2.75, 3.05) is 0 Å². The van der Waals surface area contributed by atoms with E-state index in [0.717, 1.165) is 11.1 Å². The molecule has 0 aromatic heterocycles. The second-order valence-corrected chi connectivity index (χ2v) is 4.89.